The van der Waals surface area contributed by atoms with Crippen LogP contribution in [0.3, 0.4) is 0 Å². The van der Waals surface area contributed by atoms with E-state index in [2.05, 4.69) is 5.32 Å². The summed E-state index contributed by atoms with van der Waals surface area (Å²) >= 11 is 0. The topological polar surface area (TPSA) is 21.3 Å². The van der Waals surface area contributed by atoms with Gasteiger partial charge in [-0.3, -0.25) is 0 Å². The van der Waals surface area contributed by atoms with Crippen molar-refractivity contribution >= 4 is 0 Å². The van der Waals surface area contributed by atoms with Gasteiger partial charge < -0.3 is 10.1 Å². The molecule has 0 saturated heterocycles. The number of alkyl halides is 3. The molecule has 2 unspecified atom stereocenters. The Morgan fingerprint density at radius 3 is 2.39 bits per heavy atom. The Labute approximate surface area is 105 Å². The molecule has 0 heterocycles. The van der Waals surface area contributed by atoms with Crippen LogP contribution in [0, 0.1) is 6.92 Å². The zero-order valence-electron chi connectivity index (χ0n) is 10.7. The van der Waals surface area contributed by atoms with Crippen molar-refractivity contribution in [3.63, 3.8) is 0 Å². The summed E-state index contributed by atoms with van der Waals surface area (Å²) in [6.45, 7) is 3.23. The second-order valence-electron chi connectivity index (χ2n) is 4.22. The molecule has 0 aliphatic rings. The van der Waals surface area contributed by atoms with Crippen molar-refractivity contribution in [2.45, 2.75) is 32.2 Å². The first-order valence-electron chi connectivity index (χ1n) is 5.78. The van der Waals surface area contributed by atoms with E-state index in [1.54, 1.807) is 19.2 Å². The Balaban J connectivity index is 2.87. The van der Waals surface area contributed by atoms with E-state index in [4.69, 9.17) is 4.74 Å². The van der Waals surface area contributed by atoms with Gasteiger partial charge in [-0.15, -0.1) is 0 Å². The number of ether oxygens (including phenoxy) is 1. The van der Waals surface area contributed by atoms with Gasteiger partial charge in [-0.05, 0) is 32.0 Å². The first kappa shape index (κ1) is 15.0. The average molecular weight is 261 g/mol. The van der Waals surface area contributed by atoms with Crippen molar-refractivity contribution in [2.75, 3.05) is 13.6 Å². The number of halogens is 3. The first-order valence-corrected chi connectivity index (χ1v) is 5.78. The van der Waals surface area contributed by atoms with Crippen LogP contribution in [0.5, 0.6) is 0 Å². The number of likely N-dealkylation sites (N-methyl/N-ethyl adjacent to an activating group) is 1. The van der Waals surface area contributed by atoms with Gasteiger partial charge >= 0.3 is 6.18 Å². The molecule has 102 valence electrons. The smallest absolute Gasteiger partial charge is 0.360 e. The van der Waals surface area contributed by atoms with E-state index < -0.39 is 18.4 Å². The summed E-state index contributed by atoms with van der Waals surface area (Å²) < 4.78 is 42.7. The molecule has 2 nitrogen and oxygen atoms in total. The molecule has 0 amide bonds. The maximum absolute atomic E-state index is 12.5. The molecule has 1 aromatic rings. The molecule has 5 heteroatoms. The molecule has 1 N–H and O–H groups in total. The minimum atomic E-state index is -4.34. The van der Waals surface area contributed by atoms with Gasteiger partial charge in [0, 0.05) is 6.54 Å². The number of hydrogen-bond donors (Lipinski definition) is 1. The zero-order chi connectivity index (χ0) is 13.8. The molecule has 0 spiro atoms. The van der Waals surface area contributed by atoms with Crippen molar-refractivity contribution in [1.29, 1.82) is 0 Å². The molecule has 0 radical (unpaired) electrons. The number of benzene rings is 1. The summed E-state index contributed by atoms with van der Waals surface area (Å²) in [5, 5.41) is 2.86. The molecular weight excluding hydrogens is 243 g/mol. The van der Waals surface area contributed by atoms with Crippen LogP contribution in [0.1, 0.15) is 24.2 Å². The van der Waals surface area contributed by atoms with Crippen LogP contribution in [-0.2, 0) is 4.74 Å². The highest BCUT2D eigenvalue weighted by Gasteiger charge is 2.38. The standard InChI is InChI=1S/C13H18F3NO/c1-9-6-4-5-7-11(9)12(8-17-3)18-10(2)13(14,15)16/h4-7,10,12,17H,8H2,1-3H3. The Morgan fingerprint density at radius 1 is 1.28 bits per heavy atom. The fourth-order valence-corrected chi connectivity index (χ4v) is 1.69. The SMILES string of the molecule is CNCC(OC(C)C(F)(F)F)c1ccccc1C. The number of aryl methyl sites for hydroxylation is 1. The van der Waals surface area contributed by atoms with Crippen LogP contribution < -0.4 is 5.32 Å². The van der Waals surface area contributed by atoms with Crippen molar-refractivity contribution in [1.82, 2.24) is 5.32 Å². The monoisotopic (exact) mass is 261 g/mol. The molecule has 18 heavy (non-hydrogen) atoms. The van der Waals surface area contributed by atoms with E-state index in [1.165, 1.54) is 0 Å². The minimum Gasteiger partial charge on any atom is -0.360 e. The first-order chi connectivity index (χ1) is 8.36. The third-order valence-electron chi connectivity index (χ3n) is 2.75. The summed E-state index contributed by atoms with van der Waals surface area (Å²) in [7, 11) is 1.69. The van der Waals surface area contributed by atoms with Crippen molar-refractivity contribution in [2.24, 2.45) is 0 Å². The average Bonchev–Trinajstić information content (AvgIpc) is 2.28. The second-order valence-corrected chi connectivity index (χ2v) is 4.22. The van der Waals surface area contributed by atoms with Gasteiger partial charge in [0.25, 0.3) is 0 Å². The van der Waals surface area contributed by atoms with Gasteiger partial charge in [-0.1, -0.05) is 24.3 Å². The lowest BCUT2D eigenvalue weighted by molar-refractivity contribution is -0.227. The normalized spacial score (nSPS) is 15.4. The minimum absolute atomic E-state index is 0.339. The summed E-state index contributed by atoms with van der Waals surface area (Å²) in [6.07, 6.45) is -6.72. The molecule has 0 fully saturated rings. The fourth-order valence-electron chi connectivity index (χ4n) is 1.69. The molecule has 0 bridgehead atoms. The molecule has 1 aromatic carbocycles. The van der Waals surface area contributed by atoms with E-state index >= 15 is 0 Å². The molecule has 0 aromatic heterocycles. The number of nitrogens with one attached hydrogen (secondary N) is 1. The van der Waals surface area contributed by atoms with E-state index in [-0.39, 0.29) is 0 Å². The zero-order valence-corrected chi connectivity index (χ0v) is 10.7. The lowest BCUT2D eigenvalue weighted by Crippen LogP contribution is -2.33. The number of rotatable bonds is 5. The van der Waals surface area contributed by atoms with Crippen LogP contribution in [0.25, 0.3) is 0 Å². The third-order valence-corrected chi connectivity index (χ3v) is 2.75. The fraction of sp³-hybridized carbons (Fsp3) is 0.538. The highest BCUT2D eigenvalue weighted by molar-refractivity contribution is 5.28. The summed E-state index contributed by atoms with van der Waals surface area (Å²) in [4.78, 5) is 0. The van der Waals surface area contributed by atoms with Crippen molar-refractivity contribution < 1.29 is 17.9 Å². The van der Waals surface area contributed by atoms with Crippen LogP contribution in [0.2, 0.25) is 0 Å². The maximum atomic E-state index is 12.5. The lowest BCUT2D eigenvalue weighted by Gasteiger charge is -2.25. The van der Waals surface area contributed by atoms with Crippen LogP contribution in [-0.4, -0.2) is 25.9 Å². The Morgan fingerprint density at radius 2 is 1.89 bits per heavy atom. The quantitative estimate of drug-likeness (QED) is 0.878. The molecule has 0 aliphatic carbocycles. The highest BCUT2D eigenvalue weighted by atomic mass is 19.4. The predicted octanol–water partition coefficient (Wildman–Crippen LogP) is 3.22. The van der Waals surface area contributed by atoms with Crippen molar-refractivity contribution in [3.05, 3.63) is 35.4 Å². The molecule has 1 rings (SSSR count). The van der Waals surface area contributed by atoms with Crippen LogP contribution in [0.15, 0.2) is 24.3 Å². The summed E-state index contributed by atoms with van der Waals surface area (Å²) in [6, 6.07) is 7.30. The maximum Gasteiger partial charge on any atom is 0.414 e. The van der Waals surface area contributed by atoms with Crippen molar-refractivity contribution in [3.8, 4) is 0 Å². The van der Waals surface area contributed by atoms with E-state index in [1.807, 2.05) is 19.1 Å². The van der Waals surface area contributed by atoms with Gasteiger partial charge in [0.2, 0.25) is 0 Å². The third kappa shape index (κ3) is 3.99. The molecule has 0 aliphatic heterocycles. The summed E-state index contributed by atoms with van der Waals surface area (Å²) in [5.74, 6) is 0. The van der Waals surface area contributed by atoms with Gasteiger partial charge in [0.15, 0.2) is 6.10 Å². The second kappa shape index (κ2) is 6.20. The van der Waals surface area contributed by atoms with Gasteiger partial charge in [0.05, 0.1) is 6.10 Å². The van der Waals surface area contributed by atoms with Gasteiger partial charge in [-0.25, -0.2) is 0 Å². The molecule has 0 saturated carbocycles. The van der Waals surface area contributed by atoms with Crippen LogP contribution in [0.4, 0.5) is 13.2 Å². The van der Waals surface area contributed by atoms with Gasteiger partial charge in [-0.2, -0.15) is 13.2 Å². The van der Waals surface area contributed by atoms with Gasteiger partial charge in [0.1, 0.15) is 0 Å². The highest BCUT2D eigenvalue weighted by Crippen LogP contribution is 2.29. The molecular formula is C13H18F3NO. The van der Waals surface area contributed by atoms with E-state index in [0.29, 0.717) is 6.54 Å². The number of hydrogen-bond acceptors (Lipinski definition) is 2. The summed E-state index contributed by atoms with van der Waals surface area (Å²) in [5.41, 5.74) is 1.70. The Bertz CT molecular complexity index is 379. The Kier molecular flexibility index (Phi) is 5.16. The van der Waals surface area contributed by atoms with Crippen LogP contribution >= 0.6 is 0 Å². The molecule has 2 atom stereocenters. The predicted molar refractivity (Wildman–Crippen MR) is 64.4 cm³/mol. The lowest BCUT2D eigenvalue weighted by atomic mass is 10.0. The largest absolute Gasteiger partial charge is 0.414 e. The van der Waals surface area contributed by atoms with E-state index in [0.717, 1.165) is 18.1 Å². The van der Waals surface area contributed by atoms with E-state index in [9.17, 15) is 13.2 Å². The Hall–Kier alpha value is -1.07.